The van der Waals surface area contributed by atoms with E-state index in [1.807, 2.05) is 31.2 Å². The van der Waals surface area contributed by atoms with E-state index in [4.69, 9.17) is 0 Å². The second-order valence-electron chi connectivity index (χ2n) is 6.92. The van der Waals surface area contributed by atoms with Crippen LogP contribution in [0.3, 0.4) is 0 Å². The molecule has 3 rings (SSSR count). The summed E-state index contributed by atoms with van der Waals surface area (Å²) in [5, 5.41) is 3.02. The van der Waals surface area contributed by atoms with Crippen molar-refractivity contribution in [3.05, 3.63) is 64.4 Å². The van der Waals surface area contributed by atoms with Gasteiger partial charge in [0.25, 0.3) is 0 Å². The lowest BCUT2D eigenvalue weighted by atomic mass is 9.96. The molecule has 2 aromatic rings. The van der Waals surface area contributed by atoms with Crippen molar-refractivity contribution in [2.45, 2.75) is 30.7 Å². The first-order valence-corrected chi connectivity index (χ1v) is 11.3. The fourth-order valence-electron chi connectivity index (χ4n) is 3.30. The lowest BCUT2D eigenvalue weighted by Gasteiger charge is -2.31. The highest BCUT2D eigenvalue weighted by molar-refractivity contribution is 9.10. The first-order chi connectivity index (χ1) is 13.3. The summed E-state index contributed by atoms with van der Waals surface area (Å²) < 4.78 is 40.7. The smallest absolute Gasteiger partial charge is 0.243 e. The highest BCUT2D eigenvalue weighted by atomic mass is 79.9. The van der Waals surface area contributed by atoms with Gasteiger partial charge in [0.05, 0.1) is 10.9 Å². The molecule has 1 fully saturated rings. The van der Waals surface area contributed by atoms with Gasteiger partial charge >= 0.3 is 0 Å². The minimum Gasteiger partial charge on any atom is -0.349 e. The van der Waals surface area contributed by atoms with Gasteiger partial charge in [0, 0.05) is 23.5 Å². The van der Waals surface area contributed by atoms with E-state index in [-0.39, 0.29) is 35.9 Å². The molecule has 0 aliphatic carbocycles. The van der Waals surface area contributed by atoms with E-state index in [0.717, 1.165) is 22.2 Å². The van der Waals surface area contributed by atoms with Crippen LogP contribution < -0.4 is 5.32 Å². The molecule has 0 aromatic heterocycles. The van der Waals surface area contributed by atoms with Gasteiger partial charge in [-0.1, -0.05) is 28.1 Å². The number of rotatable bonds is 5. The summed E-state index contributed by atoms with van der Waals surface area (Å²) >= 11 is 3.43. The summed E-state index contributed by atoms with van der Waals surface area (Å²) in [6, 6.07) is 12.4. The molecular formula is C20H22BrFN2O3S. The summed E-state index contributed by atoms with van der Waals surface area (Å²) in [5.74, 6) is -0.769. The molecule has 150 valence electrons. The summed E-state index contributed by atoms with van der Waals surface area (Å²) in [5.41, 5.74) is 0.999. The lowest BCUT2D eigenvalue weighted by molar-refractivity contribution is -0.126. The largest absolute Gasteiger partial charge is 0.349 e. The zero-order chi connectivity index (χ0) is 20.3. The van der Waals surface area contributed by atoms with E-state index < -0.39 is 15.8 Å². The predicted octanol–water partition coefficient (Wildman–Crippen LogP) is 3.87. The summed E-state index contributed by atoms with van der Waals surface area (Å²) in [7, 11) is -3.67. The molecule has 1 N–H and O–H groups in total. The maximum Gasteiger partial charge on any atom is 0.243 e. The van der Waals surface area contributed by atoms with Crippen LogP contribution in [0.25, 0.3) is 0 Å². The van der Waals surface area contributed by atoms with Gasteiger partial charge in [-0.25, -0.2) is 12.8 Å². The number of carbonyl (C=O) groups is 1. The van der Waals surface area contributed by atoms with Crippen LogP contribution in [-0.2, 0) is 14.8 Å². The molecule has 1 heterocycles. The minimum absolute atomic E-state index is 0.0636. The van der Waals surface area contributed by atoms with Gasteiger partial charge in [0.1, 0.15) is 5.82 Å². The Labute approximate surface area is 173 Å². The Balaban J connectivity index is 1.58. The SMILES string of the molecule is C[C@@H](NC(=O)C1CCN(S(=O)(=O)c2ccc(F)cc2)CC1)c1cccc(Br)c1. The number of benzene rings is 2. The number of carbonyl (C=O) groups excluding carboxylic acids is 1. The van der Waals surface area contributed by atoms with Gasteiger partial charge in [-0.15, -0.1) is 0 Å². The molecule has 0 bridgehead atoms. The van der Waals surface area contributed by atoms with Crippen LogP contribution >= 0.6 is 15.9 Å². The van der Waals surface area contributed by atoms with E-state index in [2.05, 4.69) is 21.2 Å². The minimum atomic E-state index is -3.67. The normalized spacial score (nSPS) is 17.2. The fraction of sp³-hybridized carbons (Fsp3) is 0.350. The van der Waals surface area contributed by atoms with Crippen molar-refractivity contribution in [3.8, 4) is 0 Å². The Morgan fingerprint density at radius 2 is 1.82 bits per heavy atom. The summed E-state index contributed by atoms with van der Waals surface area (Å²) in [6.45, 7) is 2.46. The molecule has 0 unspecified atom stereocenters. The van der Waals surface area contributed by atoms with E-state index in [1.54, 1.807) is 0 Å². The molecule has 5 nitrogen and oxygen atoms in total. The number of hydrogen-bond acceptors (Lipinski definition) is 3. The molecule has 0 saturated carbocycles. The predicted molar refractivity (Wildman–Crippen MR) is 109 cm³/mol. The van der Waals surface area contributed by atoms with Gasteiger partial charge in [-0.3, -0.25) is 4.79 Å². The molecule has 1 amide bonds. The average Bonchev–Trinajstić information content (AvgIpc) is 2.68. The number of hydrogen-bond donors (Lipinski definition) is 1. The van der Waals surface area contributed by atoms with Crippen LogP contribution in [0.15, 0.2) is 57.9 Å². The van der Waals surface area contributed by atoms with Crippen LogP contribution in [0.2, 0.25) is 0 Å². The number of piperidine rings is 1. The van der Waals surface area contributed by atoms with E-state index in [9.17, 15) is 17.6 Å². The third kappa shape index (κ3) is 4.79. The molecule has 1 saturated heterocycles. The summed E-state index contributed by atoms with van der Waals surface area (Å²) in [4.78, 5) is 12.7. The number of nitrogens with one attached hydrogen (secondary N) is 1. The van der Waals surface area contributed by atoms with Crippen LogP contribution in [0.1, 0.15) is 31.4 Å². The third-order valence-electron chi connectivity index (χ3n) is 4.98. The average molecular weight is 469 g/mol. The second-order valence-corrected chi connectivity index (χ2v) is 9.77. The Morgan fingerprint density at radius 1 is 1.18 bits per heavy atom. The Hall–Kier alpha value is -1.77. The van der Waals surface area contributed by atoms with Crippen molar-refractivity contribution in [3.63, 3.8) is 0 Å². The van der Waals surface area contributed by atoms with Gasteiger partial charge in [0.15, 0.2) is 0 Å². The molecular weight excluding hydrogens is 447 g/mol. The Bertz CT molecular complexity index is 942. The molecule has 1 aliphatic heterocycles. The van der Waals surface area contributed by atoms with Gasteiger partial charge in [-0.2, -0.15) is 4.31 Å². The maximum absolute atomic E-state index is 13.1. The zero-order valence-corrected chi connectivity index (χ0v) is 17.8. The first-order valence-electron chi connectivity index (χ1n) is 9.09. The lowest BCUT2D eigenvalue weighted by Crippen LogP contribution is -2.43. The van der Waals surface area contributed by atoms with Gasteiger partial charge in [0.2, 0.25) is 15.9 Å². The number of sulfonamides is 1. The van der Waals surface area contributed by atoms with Crippen molar-refractivity contribution < 1.29 is 17.6 Å². The maximum atomic E-state index is 13.1. The molecule has 1 aliphatic rings. The van der Waals surface area contributed by atoms with E-state index in [1.165, 1.54) is 16.4 Å². The highest BCUT2D eigenvalue weighted by Gasteiger charge is 2.32. The number of halogens is 2. The quantitative estimate of drug-likeness (QED) is 0.723. The van der Waals surface area contributed by atoms with Gasteiger partial charge < -0.3 is 5.32 Å². The van der Waals surface area contributed by atoms with Gasteiger partial charge in [-0.05, 0) is 61.7 Å². The topological polar surface area (TPSA) is 66.5 Å². The van der Waals surface area contributed by atoms with Crippen LogP contribution in [0.5, 0.6) is 0 Å². The molecule has 2 aromatic carbocycles. The molecule has 1 atom stereocenters. The van der Waals surface area contributed by atoms with E-state index in [0.29, 0.717) is 12.8 Å². The van der Waals surface area contributed by atoms with Crippen molar-refractivity contribution >= 4 is 31.9 Å². The molecule has 0 radical (unpaired) electrons. The Kier molecular flexibility index (Phi) is 6.52. The standard InChI is InChI=1S/C20H22BrFN2O3S/c1-14(16-3-2-4-17(21)13-16)23-20(25)15-9-11-24(12-10-15)28(26,27)19-7-5-18(22)6-8-19/h2-8,13-15H,9-12H2,1H3,(H,23,25)/t14-/m1/s1. The molecule has 8 heteroatoms. The van der Waals surface area contributed by atoms with Crippen molar-refractivity contribution in [1.29, 1.82) is 0 Å². The zero-order valence-electron chi connectivity index (χ0n) is 15.4. The highest BCUT2D eigenvalue weighted by Crippen LogP contribution is 2.25. The fourth-order valence-corrected chi connectivity index (χ4v) is 5.19. The summed E-state index contributed by atoms with van der Waals surface area (Å²) in [6.07, 6.45) is 0.912. The van der Waals surface area contributed by atoms with Crippen LogP contribution in [-0.4, -0.2) is 31.7 Å². The monoisotopic (exact) mass is 468 g/mol. The molecule has 0 spiro atoms. The van der Waals surface area contributed by atoms with Crippen LogP contribution in [0.4, 0.5) is 4.39 Å². The second kappa shape index (κ2) is 8.71. The number of nitrogens with zero attached hydrogens (tertiary/aromatic N) is 1. The Morgan fingerprint density at radius 3 is 2.43 bits per heavy atom. The van der Waals surface area contributed by atoms with E-state index >= 15 is 0 Å². The third-order valence-corrected chi connectivity index (χ3v) is 7.39. The van der Waals surface area contributed by atoms with Crippen molar-refractivity contribution in [1.82, 2.24) is 9.62 Å². The van der Waals surface area contributed by atoms with Crippen LogP contribution in [0, 0.1) is 11.7 Å². The van der Waals surface area contributed by atoms with Crippen molar-refractivity contribution in [2.75, 3.05) is 13.1 Å². The van der Waals surface area contributed by atoms with Crippen molar-refractivity contribution in [2.24, 2.45) is 5.92 Å². The molecule has 28 heavy (non-hydrogen) atoms. The first kappa shape index (κ1) is 21.0. The number of amides is 1.